The van der Waals surface area contributed by atoms with Gasteiger partial charge in [-0.3, -0.25) is 9.59 Å². The first-order valence-corrected chi connectivity index (χ1v) is 18.5. The van der Waals surface area contributed by atoms with Crippen LogP contribution in [-0.4, -0.2) is 11.9 Å². The summed E-state index contributed by atoms with van der Waals surface area (Å²) in [4.78, 5) is 24.7. The highest BCUT2D eigenvalue weighted by atomic mass is 16.5. The topological polar surface area (TPSA) is 52.6 Å². The summed E-state index contributed by atoms with van der Waals surface area (Å²) in [7, 11) is 0. The van der Waals surface area contributed by atoms with Gasteiger partial charge in [-0.25, -0.2) is 0 Å². The Balaban J connectivity index is 1.65. The first-order valence-electron chi connectivity index (χ1n) is 18.5. The van der Waals surface area contributed by atoms with Crippen LogP contribution in [0, 0.1) is 0 Å². The maximum absolute atomic E-state index is 12.4. The normalized spacial score (nSPS) is 11.5. The van der Waals surface area contributed by atoms with Crippen LogP contribution in [0.15, 0.2) is 48.5 Å². The molecule has 0 saturated heterocycles. The van der Waals surface area contributed by atoms with Crippen molar-refractivity contribution in [1.82, 2.24) is 0 Å². The van der Waals surface area contributed by atoms with Gasteiger partial charge in [-0.05, 0) is 48.2 Å². The fraction of sp³-hybridized carbons (Fsp3) is 0.659. The molecule has 0 saturated carbocycles. The van der Waals surface area contributed by atoms with Gasteiger partial charge in [0.25, 0.3) is 0 Å². The number of ether oxygens (including phenoxy) is 2. The summed E-state index contributed by atoms with van der Waals surface area (Å²) in [5.74, 6) is 0.882. The number of carbonyl (C=O) groups is 2. The Kier molecular flexibility index (Phi) is 20.3. The van der Waals surface area contributed by atoms with Gasteiger partial charge in [-0.1, -0.05) is 168 Å². The molecule has 0 bridgehead atoms. The van der Waals surface area contributed by atoms with Crippen molar-refractivity contribution in [3.05, 3.63) is 59.7 Å². The molecular weight excluding hydrogens is 556 g/mol. The SMILES string of the molecule is CCCCCCCCCCCCC(=O)Oc1ccc(C(C)(C)c2ccc(OC(=O)CCCCCCCCCCCC)cc2)cc1. The van der Waals surface area contributed by atoms with Crippen LogP contribution in [0.2, 0.25) is 0 Å². The molecule has 0 aromatic heterocycles. The van der Waals surface area contributed by atoms with E-state index in [1.807, 2.05) is 48.5 Å². The average Bonchev–Trinajstić information content (AvgIpc) is 3.03. The lowest BCUT2D eigenvalue weighted by Crippen LogP contribution is -2.19. The number of hydrogen-bond donors (Lipinski definition) is 0. The fourth-order valence-corrected chi connectivity index (χ4v) is 5.92. The zero-order valence-electron chi connectivity index (χ0n) is 29.3. The van der Waals surface area contributed by atoms with Gasteiger partial charge < -0.3 is 9.47 Å². The molecule has 45 heavy (non-hydrogen) atoms. The second kappa shape index (κ2) is 23.7. The Morgan fingerprint density at radius 2 is 0.711 bits per heavy atom. The zero-order valence-corrected chi connectivity index (χ0v) is 29.3. The fourth-order valence-electron chi connectivity index (χ4n) is 5.92. The second-order valence-corrected chi connectivity index (χ2v) is 13.5. The van der Waals surface area contributed by atoms with Crippen molar-refractivity contribution in [2.24, 2.45) is 0 Å². The van der Waals surface area contributed by atoms with Gasteiger partial charge in [-0.15, -0.1) is 0 Å². The third kappa shape index (κ3) is 17.0. The Morgan fingerprint density at radius 3 is 1.00 bits per heavy atom. The number of hydrogen-bond acceptors (Lipinski definition) is 4. The quantitative estimate of drug-likeness (QED) is 0.0596. The van der Waals surface area contributed by atoms with Crippen molar-refractivity contribution in [2.45, 2.75) is 174 Å². The summed E-state index contributed by atoms with van der Waals surface area (Å²) in [5.41, 5.74) is 2.00. The lowest BCUT2D eigenvalue weighted by molar-refractivity contribution is -0.135. The second-order valence-electron chi connectivity index (χ2n) is 13.5. The van der Waals surface area contributed by atoms with Crippen LogP contribution in [-0.2, 0) is 15.0 Å². The molecule has 0 aliphatic carbocycles. The van der Waals surface area contributed by atoms with Crippen molar-refractivity contribution in [3.63, 3.8) is 0 Å². The van der Waals surface area contributed by atoms with E-state index < -0.39 is 0 Å². The minimum absolute atomic E-state index is 0.153. The maximum atomic E-state index is 12.4. The van der Waals surface area contributed by atoms with Gasteiger partial charge in [0.1, 0.15) is 11.5 Å². The molecule has 0 heterocycles. The van der Waals surface area contributed by atoms with E-state index in [4.69, 9.17) is 9.47 Å². The number of esters is 2. The van der Waals surface area contributed by atoms with E-state index >= 15 is 0 Å². The maximum Gasteiger partial charge on any atom is 0.311 e. The molecule has 0 N–H and O–H groups in total. The Labute approximate surface area is 276 Å². The van der Waals surface area contributed by atoms with Gasteiger partial charge in [-0.2, -0.15) is 0 Å². The number of carbonyl (C=O) groups excluding carboxylic acids is 2. The van der Waals surface area contributed by atoms with Crippen LogP contribution in [0.1, 0.15) is 180 Å². The van der Waals surface area contributed by atoms with Crippen molar-refractivity contribution in [1.29, 1.82) is 0 Å². The molecule has 2 aromatic carbocycles. The first-order chi connectivity index (χ1) is 21.9. The van der Waals surface area contributed by atoms with Crippen LogP contribution >= 0.6 is 0 Å². The number of unbranched alkanes of at least 4 members (excludes halogenated alkanes) is 18. The minimum Gasteiger partial charge on any atom is -0.427 e. The average molecular weight is 621 g/mol. The molecule has 0 aliphatic heterocycles. The summed E-state index contributed by atoms with van der Waals surface area (Å²) in [6, 6.07) is 15.7. The summed E-state index contributed by atoms with van der Waals surface area (Å²) < 4.78 is 11.2. The molecule has 0 amide bonds. The van der Waals surface area contributed by atoms with Gasteiger partial charge in [0.2, 0.25) is 0 Å². The van der Waals surface area contributed by atoms with Gasteiger partial charge in [0.15, 0.2) is 0 Å². The zero-order chi connectivity index (χ0) is 32.6. The third-order valence-electron chi connectivity index (χ3n) is 9.08. The minimum atomic E-state index is -0.253. The molecule has 2 rings (SSSR count). The molecule has 0 aliphatic rings. The van der Waals surface area contributed by atoms with E-state index in [0.717, 1.165) is 36.8 Å². The molecule has 2 aromatic rings. The highest BCUT2D eigenvalue weighted by Crippen LogP contribution is 2.33. The molecule has 0 radical (unpaired) electrons. The highest BCUT2D eigenvalue weighted by Gasteiger charge is 2.23. The molecule has 0 unspecified atom stereocenters. The van der Waals surface area contributed by atoms with E-state index in [2.05, 4.69) is 27.7 Å². The predicted molar refractivity (Wildman–Crippen MR) is 189 cm³/mol. The summed E-state index contributed by atoms with van der Waals surface area (Å²) >= 11 is 0. The third-order valence-corrected chi connectivity index (χ3v) is 9.08. The largest absolute Gasteiger partial charge is 0.427 e. The van der Waals surface area contributed by atoms with Crippen molar-refractivity contribution in [3.8, 4) is 11.5 Å². The summed E-state index contributed by atoms with van der Waals surface area (Å²) in [5, 5.41) is 0. The Hall–Kier alpha value is -2.62. The molecule has 4 heteroatoms. The predicted octanol–water partition coefficient (Wildman–Crippen LogP) is 12.4. The van der Waals surface area contributed by atoms with E-state index in [0.29, 0.717) is 24.3 Å². The summed E-state index contributed by atoms with van der Waals surface area (Å²) in [6.07, 6.45) is 25.9. The van der Waals surface area contributed by atoms with E-state index in [9.17, 15) is 9.59 Å². The highest BCUT2D eigenvalue weighted by molar-refractivity contribution is 5.72. The van der Waals surface area contributed by atoms with Gasteiger partial charge >= 0.3 is 11.9 Å². The van der Waals surface area contributed by atoms with Crippen molar-refractivity contribution in [2.75, 3.05) is 0 Å². The van der Waals surface area contributed by atoms with Crippen LogP contribution in [0.4, 0.5) is 0 Å². The van der Waals surface area contributed by atoms with E-state index in [1.54, 1.807) is 0 Å². The van der Waals surface area contributed by atoms with Gasteiger partial charge in [0.05, 0.1) is 0 Å². The molecule has 4 nitrogen and oxygen atoms in total. The Morgan fingerprint density at radius 1 is 0.444 bits per heavy atom. The van der Waals surface area contributed by atoms with Crippen LogP contribution < -0.4 is 9.47 Å². The smallest absolute Gasteiger partial charge is 0.311 e. The standard InChI is InChI=1S/C41H64O4/c1-5-7-9-11-13-15-17-19-21-23-25-39(42)44-37-31-27-35(28-32-37)41(3,4)36-29-33-38(34-30-36)45-40(43)26-24-22-20-18-16-14-12-10-8-6-2/h27-34H,5-26H2,1-4H3. The lowest BCUT2D eigenvalue weighted by Gasteiger charge is -2.26. The lowest BCUT2D eigenvalue weighted by atomic mass is 9.78. The van der Waals surface area contributed by atoms with Crippen molar-refractivity contribution < 1.29 is 19.1 Å². The summed E-state index contributed by atoms with van der Waals surface area (Å²) in [6.45, 7) is 8.85. The monoisotopic (exact) mass is 620 g/mol. The molecule has 252 valence electrons. The number of rotatable bonds is 26. The van der Waals surface area contributed by atoms with Gasteiger partial charge in [0, 0.05) is 18.3 Å². The van der Waals surface area contributed by atoms with E-state index in [-0.39, 0.29) is 17.4 Å². The molecule has 0 spiro atoms. The van der Waals surface area contributed by atoms with Crippen LogP contribution in [0.5, 0.6) is 11.5 Å². The first kappa shape index (κ1) is 38.6. The van der Waals surface area contributed by atoms with E-state index in [1.165, 1.54) is 103 Å². The number of benzene rings is 2. The molecular formula is C41H64O4. The van der Waals surface area contributed by atoms with Crippen molar-refractivity contribution >= 4 is 11.9 Å². The van der Waals surface area contributed by atoms with Crippen LogP contribution in [0.25, 0.3) is 0 Å². The van der Waals surface area contributed by atoms with Crippen LogP contribution in [0.3, 0.4) is 0 Å². The molecule has 0 fully saturated rings. The Bertz CT molecular complexity index is 955. The molecule has 0 atom stereocenters.